The molecule has 0 spiro atoms. The van der Waals surface area contributed by atoms with Crippen molar-refractivity contribution in [2.45, 2.75) is 49.7 Å². The van der Waals surface area contributed by atoms with Crippen LogP contribution in [0.4, 0.5) is 24.5 Å². The summed E-state index contributed by atoms with van der Waals surface area (Å²) in [6.07, 6.45) is -1.50. The molecule has 1 aliphatic heterocycles. The molecule has 9 heteroatoms. The zero-order valence-electron chi connectivity index (χ0n) is 17.5. The highest BCUT2D eigenvalue weighted by atomic mass is 32.2. The number of piperidine rings is 1. The maximum atomic E-state index is 13.4. The van der Waals surface area contributed by atoms with E-state index in [1.54, 1.807) is 0 Å². The fraction of sp³-hybridized carbons (Fsp3) is 0.409. The second-order valence-electron chi connectivity index (χ2n) is 8.03. The summed E-state index contributed by atoms with van der Waals surface area (Å²) in [6, 6.07) is 8.06. The van der Waals surface area contributed by atoms with Crippen molar-refractivity contribution in [3.63, 3.8) is 0 Å². The smallest absolute Gasteiger partial charge is 0.416 e. The lowest BCUT2D eigenvalue weighted by Gasteiger charge is -2.45. The van der Waals surface area contributed by atoms with E-state index in [2.05, 4.69) is 23.5 Å². The number of carboxylic acids is 1. The van der Waals surface area contributed by atoms with E-state index < -0.39 is 17.7 Å². The quantitative estimate of drug-likeness (QED) is 0.500. The Morgan fingerprint density at radius 2 is 1.94 bits per heavy atom. The molecule has 0 unspecified atom stereocenters. The van der Waals surface area contributed by atoms with Crippen LogP contribution in [-0.2, 0) is 6.18 Å². The predicted molar refractivity (Wildman–Crippen MR) is 116 cm³/mol. The third-order valence-corrected chi connectivity index (χ3v) is 6.31. The van der Waals surface area contributed by atoms with Gasteiger partial charge in [-0.1, -0.05) is 0 Å². The largest absolute Gasteiger partial charge is 0.496 e. The van der Waals surface area contributed by atoms with Gasteiger partial charge in [-0.3, -0.25) is 0 Å². The number of halogens is 3. The first kappa shape index (κ1) is 23.1. The topological polar surface area (TPSA) is 61.8 Å². The van der Waals surface area contributed by atoms with Gasteiger partial charge in [-0.15, -0.1) is 0 Å². The molecule has 2 aromatic carbocycles. The zero-order valence-corrected chi connectivity index (χ0v) is 18.4. The van der Waals surface area contributed by atoms with Crippen LogP contribution in [-0.4, -0.2) is 30.3 Å². The van der Waals surface area contributed by atoms with Crippen molar-refractivity contribution in [2.75, 3.05) is 23.3 Å². The molecule has 0 radical (unpaired) electrons. The maximum Gasteiger partial charge on any atom is 0.416 e. The maximum absolute atomic E-state index is 13.4. The number of hydrogen-bond acceptors (Lipinski definition) is 5. The Balaban J connectivity index is 1.99. The molecule has 0 aliphatic carbocycles. The number of nitrogens with one attached hydrogen (secondary N) is 1. The molecule has 1 saturated heterocycles. The van der Waals surface area contributed by atoms with Crippen LogP contribution in [0.25, 0.3) is 0 Å². The molecule has 5 nitrogen and oxygen atoms in total. The average Bonchev–Trinajstić information content (AvgIpc) is 2.71. The molecule has 0 atom stereocenters. The fourth-order valence-corrected chi connectivity index (χ4v) is 4.56. The van der Waals surface area contributed by atoms with Gasteiger partial charge in [0.1, 0.15) is 5.75 Å². The molecule has 3 rings (SSSR count). The van der Waals surface area contributed by atoms with E-state index in [-0.39, 0.29) is 11.1 Å². The summed E-state index contributed by atoms with van der Waals surface area (Å²) in [4.78, 5) is 13.9. The minimum Gasteiger partial charge on any atom is -0.496 e. The molecule has 0 aromatic heterocycles. The number of benzene rings is 2. The monoisotopic (exact) mass is 454 g/mol. The van der Waals surface area contributed by atoms with Gasteiger partial charge in [0.2, 0.25) is 0 Å². The number of nitrogens with zero attached hydrogens (tertiary/aromatic N) is 1. The molecule has 1 aliphatic rings. The van der Waals surface area contributed by atoms with Gasteiger partial charge in [0.05, 0.1) is 34.5 Å². The summed E-state index contributed by atoms with van der Waals surface area (Å²) in [5.41, 5.74) is 0.114. The molecule has 0 amide bonds. The third-order valence-electron chi connectivity index (χ3n) is 5.45. The highest BCUT2D eigenvalue weighted by molar-refractivity contribution is 8.00. The Hall–Kier alpha value is -2.55. The number of carboxylic acid groups (broad SMARTS) is 1. The van der Waals surface area contributed by atoms with E-state index >= 15 is 0 Å². The third kappa shape index (κ3) is 5.20. The molecule has 0 bridgehead atoms. The van der Waals surface area contributed by atoms with Crippen molar-refractivity contribution in [3.05, 3.63) is 47.5 Å². The first-order chi connectivity index (χ1) is 14.5. The van der Waals surface area contributed by atoms with Crippen molar-refractivity contribution in [2.24, 2.45) is 0 Å². The number of methoxy groups -OCH3 is 1. The zero-order chi connectivity index (χ0) is 22.8. The van der Waals surface area contributed by atoms with Crippen molar-refractivity contribution in [1.82, 2.24) is 0 Å². The number of anilines is 2. The number of carbonyl (C=O) groups is 1. The summed E-state index contributed by atoms with van der Waals surface area (Å²) >= 11 is 1.02. The number of rotatable bonds is 6. The number of alkyl halides is 3. The van der Waals surface area contributed by atoms with E-state index in [9.17, 15) is 23.1 Å². The predicted octanol–water partition coefficient (Wildman–Crippen LogP) is 6.30. The molecule has 2 aromatic rings. The lowest BCUT2D eigenvalue weighted by Crippen LogP contribution is -2.47. The lowest BCUT2D eigenvalue weighted by atomic mass is 9.89. The summed E-state index contributed by atoms with van der Waals surface area (Å²) in [5.74, 6) is -0.673. The average molecular weight is 455 g/mol. The van der Waals surface area contributed by atoms with Crippen LogP contribution >= 0.6 is 11.9 Å². The first-order valence-electron chi connectivity index (χ1n) is 9.86. The summed E-state index contributed by atoms with van der Waals surface area (Å²) in [5, 5.41) is 9.25. The number of aromatic carboxylic acids is 1. The van der Waals surface area contributed by atoms with Gasteiger partial charge >= 0.3 is 12.1 Å². The van der Waals surface area contributed by atoms with Crippen molar-refractivity contribution >= 4 is 29.3 Å². The molecule has 168 valence electrons. The molecular weight excluding hydrogens is 429 g/mol. The van der Waals surface area contributed by atoms with Crippen LogP contribution < -0.4 is 14.4 Å². The second-order valence-corrected chi connectivity index (χ2v) is 8.87. The Morgan fingerprint density at radius 3 is 2.55 bits per heavy atom. The minimum atomic E-state index is -4.47. The van der Waals surface area contributed by atoms with Gasteiger partial charge in [-0.05, 0) is 81.5 Å². The number of ether oxygens (including phenoxy) is 1. The van der Waals surface area contributed by atoms with Crippen LogP contribution in [0, 0.1) is 0 Å². The normalized spacial score (nSPS) is 16.1. The van der Waals surface area contributed by atoms with Gasteiger partial charge in [0.25, 0.3) is 0 Å². The highest BCUT2D eigenvalue weighted by Crippen LogP contribution is 2.42. The highest BCUT2D eigenvalue weighted by Gasteiger charge is 2.34. The van der Waals surface area contributed by atoms with Crippen LogP contribution in [0.2, 0.25) is 0 Å². The van der Waals surface area contributed by atoms with Gasteiger partial charge < -0.3 is 19.5 Å². The Kier molecular flexibility index (Phi) is 6.64. The molecule has 31 heavy (non-hydrogen) atoms. The van der Waals surface area contributed by atoms with E-state index in [0.717, 1.165) is 49.9 Å². The van der Waals surface area contributed by atoms with Crippen LogP contribution in [0.1, 0.15) is 49.0 Å². The summed E-state index contributed by atoms with van der Waals surface area (Å²) in [7, 11) is 1.45. The summed E-state index contributed by atoms with van der Waals surface area (Å²) < 4.78 is 48.5. The van der Waals surface area contributed by atoms with E-state index in [1.807, 2.05) is 0 Å². The SMILES string of the molecule is COc1ccc(C(=O)O)cc1SNc1cc(C(F)(F)F)ccc1N1CCCCC1(C)C. The van der Waals surface area contributed by atoms with Crippen molar-refractivity contribution in [1.29, 1.82) is 0 Å². The van der Waals surface area contributed by atoms with Crippen LogP contribution in [0.3, 0.4) is 0 Å². The van der Waals surface area contributed by atoms with Crippen LogP contribution in [0.15, 0.2) is 41.3 Å². The van der Waals surface area contributed by atoms with Crippen molar-refractivity contribution < 1.29 is 27.8 Å². The van der Waals surface area contributed by atoms with Gasteiger partial charge in [-0.2, -0.15) is 13.2 Å². The Labute approximate surface area is 183 Å². The second kappa shape index (κ2) is 8.90. The molecule has 1 heterocycles. The Morgan fingerprint density at radius 1 is 1.19 bits per heavy atom. The molecule has 2 N–H and O–H groups in total. The molecule has 1 fully saturated rings. The van der Waals surface area contributed by atoms with Crippen molar-refractivity contribution in [3.8, 4) is 5.75 Å². The Bertz CT molecular complexity index is 964. The fourth-order valence-electron chi connectivity index (χ4n) is 3.74. The first-order valence-corrected chi connectivity index (χ1v) is 10.7. The van der Waals surface area contributed by atoms with Gasteiger partial charge in [0.15, 0.2) is 0 Å². The van der Waals surface area contributed by atoms with Gasteiger partial charge in [-0.25, -0.2) is 4.79 Å². The van der Waals surface area contributed by atoms with E-state index in [4.69, 9.17) is 4.74 Å². The number of hydrogen-bond donors (Lipinski definition) is 2. The lowest BCUT2D eigenvalue weighted by molar-refractivity contribution is -0.137. The molecular formula is C22H25F3N2O3S. The van der Waals surface area contributed by atoms with E-state index in [0.29, 0.717) is 22.0 Å². The van der Waals surface area contributed by atoms with Crippen LogP contribution in [0.5, 0.6) is 5.75 Å². The van der Waals surface area contributed by atoms with E-state index in [1.165, 1.54) is 31.4 Å². The standard InChI is InChI=1S/C22H25F3N2O3S/c1-21(2)10-4-5-11-27(21)17-8-7-15(22(23,24)25)13-16(17)26-31-19-12-14(20(28)29)6-9-18(19)30-3/h6-9,12-13,26H,4-5,10-11H2,1-3H3,(H,28,29). The summed E-state index contributed by atoms with van der Waals surface area (Å²) in [6.45, 7) is 4.91. The van der Waals surface area contributed by atoms with Gasteiger partial charge in [0, 0.05) is 12.1 Å². The molecule has 0 saturated carbocycles. The minimum absolute atomic E-state index is 0.0616.